The third kappa shape index (κ3) is 2.29. The van der Waals surface area contributed by atoms with Gasteiger partial charge in [-0.05, 0) is 19.1 Å². The Morgan fingerprint density at radius 2 is 2.18 bits per heavy atom. The fourth-order valence-electron chi connectivity index (χ4n) is 1.52. The summed E-state index contributed by atoms with van der Waals surface area (Å²) < 4.78 is 5.29. The largest absolute Gasteiger partial charge is 0.496 e. The standard InChI is InChI=1S/C12H12N2O2S/c1-8-11(13-7-15)17-12(14-8)9-5-3-4-6-10(9)16-2/h3-7H,1-2H3,(H,13,15). The zero-order valence-electron chi connectivity index (χ0n) is 9.56. The van der Waals surface area contributed by atoms with Crippen LogP contribution < -0.4 is 10.1 Å². The number of amides is 1. The fraction of sp³-hybridized carbons (Fsp3) is 0.167. The van der Waals surface area contributed by atoms with Gasteiger partial charge in [0.15, 0.2) is 0 Å². The molecule has 1 N–H and O–H groups in total. The van der Waals surface area contributed by atoms with Crippen molar-refractivity contribution < 1.29 is 9.53 Å². The Kier molecular flexibility index (Phi) is 3.39. The molecule has 0 aliphatic rings. The van der Waals surface area contributed by atoms with E-state index < -0.39 is 0 Å². The molecule has 4 nitrogen and oxygen atoms in total. The number of rotatable bonds is 4. The van der Waals surface area contributed by atoms with Crippen molar-refractivity contribution in [3.63, 3.8) is 0 Å². The lowest BCUT2D eigenvalue weighted by Crippen LogP contribution is -1.91. The van der Waals surface area contributed by atoms with Crippen LogP contribution in [0.25, 0.3) is 10.6 Å². The topological polar surface area (TPSA) is 51.2 Å². The number of methoxy groups -OCH3 is 1. The number of hydrogen-bond acceptors (Lipinski definition) is 4. The molecule has 0 saturated carbocycles. The summed E-state index contributed by atoms with van der Waals surface area (Å²) in [5.74, 6) is 0.777. The number of thiazole rings is 1. The molecule has 0 aliphatic carbocycles. The van der Waals surface area contributed by atoms with Gasteiger partial charge in [0.2, 0.25) is 6.41 Å². The Bertz CT molecular complexity index is 537. The van der Waals surface area contributed by atoms with Crippen LogP contribution in [0.15, 0.2) is 24.3 Å². The minimum absolute atomic E-state index is 0.659. The van der Waals surface area contributed by atoms with Gasteiger partial charge in [-0.15, -0.1) is 0 Å². The van der Waals surface area contributed by atoms with Crippen molar-refractivity contribution in [2.24, 2.45) is 0 Å². The van der Waals surface area contributed by atoms with Gasteiger partial charge in [0.1, 0.15) is 15.8 Å². The molecule has 1 aromatic carbocycles. The number of aromatic nitrogens is 1. The van der Waals surface area contributed by atoms with E-state index in [0.717, 1.165) is 27.0 Å². The first-order chi connectivity index (χ1) is 8.26. The molecule has 0 atom stereocenters. The summed E-state index contributed by atoms with van der Waals surface area (Å²) in [5, 5.41) is 4.24. The van der Waals surface area contributed by atoms with Crippen LogP contribution in [-0.2, 0) is 4.79 Å². The Balaban J connectivity index is 2.45. The zero-order valence-corrected chi connectivity index (χ0v) is 10.4. The lowest BCUT2D eigenvalue weighted by molar-refractivity contribution is -0.105. The molecule has 2 rings (SSSR count). The highest BCUT2D eigenvalue weighted by Crippen LogP contribution is 2.36. The lowest BCUT2D eigenvalue weighted by Gasteiger charge is -2.04. The van der Waals surface area contributed by atoms with E-state index in [4.69, 9.17) is 4.74 Å². The Morgan fingerprint density at radius 3 is 2.88 bits per heavy atom. The third-order valence-electron chi connectivity index (χ3n) is 2.32. The highest BCUT2D eigenvalue weighted by Gasteiger charge is 2.12. The first-order valence-corrected chi connectivity index (χ1v) is 5.89. The summed E-state index contributed by atoms with van der Waals surface area (Å²) in [6.07, 6.45) is 0.659. The monoisotopic (exact) mass is 248 g/mol. The molecule has 0 radical (unpaired) electrons. The van der Waals surface area contributed by atoms with Gasteiger partial charge in [-0.1, -0.05) is 23.5 Å². The summed E-state index contributed by atoms with van der Waals surface area (Å²) in [6.45, 7) is 1.86. The molecule has 88 valence electrons. The quantitative estimate of drug-likeness (QED) is 0.846. The molecule has 1 heterocycles. The Labute approximate surface area is 103 Å². The minimum atomic E-state index is 0.659. The summed E-state index contributed by atoms with van der Waals surface area (Å²) in [5.41, 5.74) is 1.74. The van der Waals surface area contributed by atoms with E-state index >= 15 is 0 Å². The normalized spacial score (nSPS) is 10.0. The number of hydrogen-bond donors (Lipinski definition) is 1. The fourth-order valence-corrected chi connectivity index (χ4v) is 2.48. The number of benzene rings is 1. The third-order valence-corrected chi connectivity index (χ3v) is 3.45. The molecule has 0 aliphatic heterocycles. The van der Waals surface area contributed by atoms with E-state index in [-0.39, 0.29) is 0 Å². The van der Waals surface area contributed by atoms with Crippen LogP contribution in [0, 0.1) is 6.92 Å². The van der Waals surface area contributed by atoms with Gasteiger partial charge in [-0.25, -0.2) is 4.98 Å². The molecule has 0 unspecified atom stereocenters. The lowest BCUT2D eigenvalue weighted by atomic mass is 10.2. The minimum Gasteiger partial charge on any atom is -0.496 e. The molecule has 0 bridgehead atoms. The summed E-state index contributed by atoms with van der Waals surface area (Å²) >= 11 is 1.43. The number of nitrogens with zero attached hydrogens (tertiary/aromatic N) is 1. The molecular formula is C12H12N2O2S. The first kappa shape index (κ1) is 11.6. The number of aryl methyl sites for hydroxylation is 1. The molecule has 17 heavy (non-hydrogen) atoms. The predicted octanol–water partition coefficient (Wildman–Crippen LogP) is 2.70. The van der Waals surface area contributed by atoms with Crippen LogP contribution in [-0.4, -0.2) is 18.5 Å². The van der Waals surface area contributed by atoms with Gasteiger partial charge >= 0.3 is 0 Å². The van der Waals surface area contributed by atoms with E-state index in [9.17, 15) is 4.79 Å². The second-order valence-electron chi connectivity index (χ2n) is 3.40. The van der Waals surface area contributed by atoms with Crippen LogP contribution in [0.1, 0.15) is 5.69 Å². The van der Waals surface area contributed by atoms with Crippen LogP contribution >= 0.6 is 11.3 Å². The second-order valence-corrected chi connectivity index (χ2v) is 4.40. The number of carbonyl (C=O) groups is 1. The summed E-state index contributed by atoms with van der Waals surface area (Å²) in [4.78, 5) is 14.9. The van der Waals surface area contributed by atoms with Crippen molar-refractivity contribution in [2.45, 2.75) is 6.92 Å². The second kappa shape index (κ2) is 4.97. The number of nitrogens with one attached hydrogen (secondary N) is 1. The highest BCUT2D eigenvalue weighted by atomic mass is 32.1. The van der Waals surface area contributed by atoms with E-state index in [1.807, 2.05) is 31.2 Å². The van der Waals surface area contributed by atoms with Gasteiger partial charge in [0.25, 0.3) is 0 Å². The maximum atomic E-state index is 10.4. The smallest absolute Gasteiger partial charge is 0.212 e. The molecular weight excluding hydrogens is 236 g/mol. The van der Waals surface area contributed by atoms with Crippen LogP contribution in [0.3, 0.4) is 0 Å². The Morgan fingerprint density at radius 1 is 1.41 bits per heavy atom. The highest BCUT2D eigenvalue weighted by molar-refractivity contribution is 7.19. The van der Waals surface area contributed by atoms with E-state index in [2.05, 4.69) is 10.3 Å². The van der Waals surface area contributed by atoms with Crippen LogP contribution in [0.2, 0.25) is 0 Å². The van der Waals surface area contributed by atoms with Crippen molar-refractivity contribution >= 4 is 22.7 Å². The van der Waals surface area contributed by atoms with E-state index in [1.54, 1.807) is 7.11 Å². The number of carbonyl (C=O) groups excluding carboxylic acids is 1. The molecule has 1 aromatic heterocycles. The molecule has 5 heteroatoms. The van der Waals surface area contributed by atoms with Crippen molar-refractivity contribution in [1.82, 2.24) is 4.98 Å². The van der Waals surface area contributed by atoms with Gasteiger partial charge in [-0.3, -0.25) is 4.79 Å². The molecule has 2 aromatic rings. The maximum absolute atomic E-state index is 10.4. The van der Waals surface area contributed by atoms with E-state index in [1.165, 1.54) is 11.3 Å². The SMILES string of the molecule is COc1ccccc1-c1nc(C)c(NC=O)s1. The number of anilines is 1. The van der Waals surface area contributed by atoms with E-state index in [0.29, 0.717) is 6.41 Å². The first-order valence-electron chi connectivity index (χ1n) is 5.07. The number of para-hydroxylation sites is 1. The van der Waals surface area contributed by atoms with Gasteiger partial charge in [0, 0.05) is 0 Å². The molecule has 0 spiro atoms. The maximum Gasteiger partial charge on any atom is 0.212 e. The molecule has 0 fully saturated rings. The number of ether oxygens (including phenoxy) is 1. The molecule has 1 amide bonds. The van der Waals surface area contributed by atoms with Crippen molar-refractivity contribution in [1.29, 1.82) is 0 Å². The van der Waals surface area contributed by atoms with Crippen LogP contribution in [0.4, 0.5) is 5.00 Å². The average molecular weight is 248 g/mol. The summed E-state index contributed by atoms with van der Waals surface area (Å²) in [7, 11) is 1.63. The van der Waals surface area contributed by atoms with Crippen molar-refractivity contribution in [2.75, 3.05) is 12.4 Å². The predicted molar refractivity (Wildman–Crippen MR) is 68.5 cm³/mol. The summed E-state index contributed by atoms with van der Waals surface area (Å²) in [6, 6.07) is 7.68. The van der Waals surface area contributed by atoms with Crippen molar-refractivity contribution in [3.05, 3.63) is 30.0 Å². The molecule has 0 saturated heterocycles. The van der Waals surface area contributed by atoms with Crippen molar-refractivity contribution in [3.8, 4) is 16.3 Å². The average Bonchev–Trinajstić information content (AvgIpc) is 2.71. The van der Waals surface area contributed by atoms with Gasteiger partial charge in [-0.2, -0.15) is 0 Å². The van der Waals surface area contributed by atoms with Gasteiger partial charge < -0.3 is 10.1 Å². The van der Waals surface area contributed by atoms with Gasteiger partial charge in [0.05, 0.1) is 18.4 Å². The zero-order chi connectivity index (χ0) is 12.3. The van der Waals surface area contributed by atoms with Crippen LogP contribution in [0.5, 0.6) is 5.75 Å². The Hall–Kier alpha value is -1.88.